The first-order valence-electron chi connectivity index (χ1n) is 15.0. The van der Waals surface area contributed by atoms with E-state index in [0.717, 1.165) is 85.0 Å². The van der Waals surface area contributed by atoms with E-state index in [9.17, 15) is 9.90 Å². The third-order valence-electron chi connectivity index (χ3n) is 10.5. The molecule has 1 spiro atoms. The average Bonchev–Trinajstić information content (AvgIpc) is 3.41. The molecule has 2 N–H and O–H groups in total. The zero-order valence-electron chi connectivity index (χ0n) is 23.2. The van der Waals surface area contributed by atoms with Crippen molar-refractivity contribution in [3.05, 3.63) is 75.8 Å². The fourth-order valence-corrected chi connectivity index (χ4v) is 8.86. The van der Waals surface area contributed by atoms with Gasteiger partial charge in [0.2, 0.25) is 0 Å². The molecule has 4 bridgehead atoms. The van der Waals surface area contributed by atoms with Crippen molar-refractivity contribution in [3.8, 4) is 11.5 Å². The second-order valence-corrected chi connectivity index (χ2v) is 13.0. The van der Waals surface area contributed by atoms with E-state index in [1.54, 1.807) is 12.1 Å². The van der Waals surface area contributed by atoms with Crippen LogP contribution in [0.15, 0.2) is 59.2 Å². The highest BCUT2D eigenvalue weighted by atomic mass is 35.5. The van der Waals surface area contributed by atoms with Crippen LogP contribution < -0.4 is 14.8 Å². The predicted octanol–water partition coefficient (Wildman–Crippen LogP) is 6.61. The molecule has 2 aromatic carbocycles. The van der Waals surface area contributed by atoms with Crippen LogP contribution in [0.25, 0.3) is 0 Å². The summed E-state index contributed by atoms with van der Waals surface area (Å²) in [7, 11) is 0. The SMILES string of the molecule is C[C@]12Oc3cccc(c3O1)C1CCN3C(C1)C1(CCC[C@H]3c3ccc(C(=O)O)cc3NC[C@@H]3CCO3)C(Cl)=CC=C12. The van der Waals surface area contributed by atoms with Crippen LogP contribution in [0, 0.1) is 5.41 Å². The Kier molecular flexibility index (Phi) is 5.80. The number of nitrogens with one attached hydrogen (secondary N) is 1. The Hall–Kier alpha value is -3.00. The highest BCUT2D eigenvalue weighted by Crippen LogP contribution is 2.64. The summed E-state index contributed by atoms with van der Waals surface area (Å²) in [5, 5.41) is 14.2. The van der Waals surface area contributed by atoms with Crippen LogP contribution in [0.1, 0.15) is 78.9 Å². The lowest BCUT2D eigenvalue weighted by Crippen LogP contribution is -2.55. The van der Waals surface area contributed by atoms with Crippen molar-refractivity contribution in [2.75, 3.05) is 25.0 Å². The first-order chi connectivity index (χ1) is 19.9. The lowest BCUT2D eigenvalue weighted by molar-refractivity contribution is -0.0514. The number of piperidine rings is 1. The fourth-order valence-electron chi connectivity index (χ4n) is 8.48. The normalized spacial score (nSPS) is 34.8. The molecule has 6 aliphatic rings. The fraction of sp³-hybridized carbons (Fsp3) is 0.485. The molecule has 3 unspecified atom stereocenters. The molecular formula is C33H35ClN2O5. The van der Waals surface area contributed by atoms with Gasteiger partial charge in [-0.2, -0.15) is 0 Å². The third kappa shape index (κ3) is 3.75. The van der Waals surface area contributed by atoms with Crippen molar-refractivity contribution in [2.45, 2.75) is 75.3 Å². The summed E-state index contributed by atoms with van der Waals surface area (Å²) in [6.07, 6.45) is 10.2. The van der Waals surface area contributed by atoms with Gasteiger partial charge in [-0.15, -0.1) is 0 Å². The third-order valence-corrected chi connectivity index (χ3v) is 10.9. The zero-order valence-corrected chi connectivity index (χ0v) is 24.0. The quantitative estimate of drug-likeness (QED) is 0.416. The topological polar surface area (TPSA) is 80.3 Å². The summed E-state index contributed by atoms with van der Waals surface area (Å²) in [6.45, 7) is 4.43. The van der Waals surface area contributed by atoms with Gasteiger partial charge >= 0.3 is 5.97 Å². The number of hydrogen-bond donors (Lipinski definition) is 2. The van der Waals surface area contributed by atoms with Gasteiger partial charge in [0.05, 0.1) is 17.1 Å². The number of anilines is 1. The minimum Gasteiger partial charge on any atom is -0.478 e. The van der Waals surface area contributed by atoms with E-state index in [0.29, 0.717) is 18.0 Å². The van der Waals surface area contributed by atoms with Crippen LogP contribution in [0.5, 0.6) is 11.5 Å². The van der Waals surface area contributed by atoms with Gasteiger partial charge < -0.3 is 24.6 Å². The lowest BCUT2D eigenvalue weighted by Gasteiger charge is -2.52. The monoisotopic (exact) mass is 574 g/mol. The second-order valence-electron chi connectivity index (χ2n) is 12.5. The largest absolute Gasteiger partial charge is 0.478 e. The van der Waals surface area contributed by atoms with Crippen molar-refractivity contribution in [3.63, 3.8) is 0 Å². The smallest absolute Gasteiger partial charge is 0.335 e. The standard InChI is InChI=1S/C33H35ClN2O5/c1-32-27-9-10-28(34)33(27)13-3-5-25(23-8-7-20(31(37)38)16-24(23)35-18-21-12-15-39-21)36-14-11-19(17-29(33)36)22-4-2-6-26(40-32)30(22)41-32/h2,4,6-10,16,19,21,25,29,35H,3,5,11-15,17-18H2,1H3,(H,37,38)/t19?,21-,25-,29?,32-,33?/m0/s1. The van der Waals surface area contributed by atoms with Crippen molar-refractivity contribution in [1.82, 2.24) is 4.90 Å². The molecule has 0 amide bonds. The molecule has 5 heterocycles. The van der Waals surface area contributed by atoms with Gasteiger partial charge in [-0.05, 0) is 74.4 Å². The number of carboxylic acids is 1. The second kappa shape index (κ2) is 9.25. The van der Waals surface area contributed by atoms with Crippen molar-refractivity contribution < 1.29 is 24.1 Å². The number of rotatable bonds is 5. The number of halogens is 1. The Bertz CT molecular complexity index is 1500. The molecule has 0 aromatic heterocycles. The summed E-state index contributed by atoms with van der Waals surface area (Å²) in [5.74, 6) is 0.198. The molecule has 7 nitrogen and oxygen atoms in total. The lowest BCUT2D eigenvalue weighted by atomic mass is 9.65. The number of hydrogen-bond acceptors (Lipinski definition) is 6. The van der Waals surface area contributed by atoms with E-state index in [1.165, 1.54) is 5.56 Å². The molecular weight excluding hydrogens is 540 g/mol. The Morgan fingerprint density at radius 3 is 2.83 bits per heavy atom. The van der Waals surface area contributed by atoms with E-state index in [2.05, 4.69) is 34.5 Å². The van der Waals surface area contributed by atoms with Crippen LogP contribution in [-0.4, -0.2) is 53.6 Å². The Labute approximate surface area is 245 Å². The summed E-state index contributed by atoms with van der Waals surface area (Å²) in [6, 6.07) is 12.2. The number of allylic oxidation sites excluding steroid dienone is 2. The highest BCUT2D eigenvalue weighted by molar-refractivity contribution is 6.31. The first-order valence-corrected chi connectivity index (χ1v) is 15.3. The molecule has 214 valence electrons. The van der Waals surface area contributed by atoms with E-state index < -0.39 is 17.2 Å². The molecule has 41 heavy (non-hydrogen) atoms. The number of para-hydroxylation sites is 1. The number of benzene rings is 2. The molecule has 0 saturated carbocycles. The van der Waals surface area contributed by atoms with Gasteiger partial charge in [-0.1, -0.05) is 42.3 Å². The van der Waals surface area contributed by atoms with Crippen molar-refractivity contribution in [1.29, 1.82) is 0 Å². The van der Waals surface area contributed by atoms with Crippen LogP contribution in [0.4, 0.5) is 5.69 Å². The minimum atomic E-state index is -0.923. The van der Waals surface area contributed by atoms with Gasteiger partial charge in [-0.3, -0.25) is 4.90 Å². The molecule has 3 saturated heterocycles. The first kappa shape index (κ1) is 25.7. The van der Waals surface area contributed by atoms with Crippen molar-refractivity contribution >= 4 is 23.3 Å². The van der Waals surface area contributed by atoms with Gasteiger partial charge in [-0.25, -0.2) is 4.79 Å². The van der Waals surface area contributed by atoms with Gasteiger partial charge in [0, 0.05) is 54.0 Å². The van der Waals surface area contributed by atoms with Gasteiger partial charge in [0.1, 0.15) is 0 Å². The zero-order chi connectivity index (χ0) is 27.9. The van der Waals surface area contributed by atoms with Crippen molar-refractivity contribution in [2.24, 2.45) is 5.41 Å². The maximum atomic E-state index is 11.9. The Morgan fingerprint density at radius 1 is 1.15 bits per heavy atom. The number of aromatic carboxylic acids is 1. The Balaban J connectivity index is 1.24. The summed E-state index contributed by atoms with van der Waals surface area (Å²) in [5.41, 5.74) is 4.27. The Morgan fingerprint density at radius 2 is 2.02 bits per heavy atom. The van der Waals surface area contributed by atoms with E-state index in [1.807, 2.05) is 19.1 Å². The van der Waals surface area contributed by atoms with E-state index in [4.69, 9.17) is 25.8 Å². The number of fused-ring (bicyclic) bond motifs is 4. The molecule has 8 rings (SSSR count). The van der Waals surface area contributed by atoms with Gasteiger partial charge in [0.25, 0.3) is 5.79 Å². The van der Waals surface area contributed by atoms with E-state index >= 15 is 0 Å². The predicted molar refractivity (Wildman–Crippen MR) is 156 cm³/mol. The maximum Gasteiger partial charge on any atom is 0.335 e. The molecule has 8 heteroatoms. The average molecular weight is 575 g/mol. The molecule has 3 fully saturated rings. The van der Waals surface area contributed by atoms with Crippen LogP contribution in [0.2, 0.25) is 0 Å². The van der Waals surface area contributed by atoms with Gasteiger partial charge in [0.15, 0.2) is 11.5 Å². The minimum absolute atomic E-state index is 0.127. The molecule has 0 radical (unpaired) electrons. The summed E-state index contributed by atoms with van der Waals surface area (Å²) < 4.78 is 19.0. The number of ether oxygens (including phenoxy) is 3. The number of nitrogens with zero attached hydrogens (tertiary/aromatic N) is 1. The molecule has 6 atom stereocenters. The summed E-state index contributed by atoms with van der Waals surface area (Å²) >= 11 is 7.28. The van der Waals surface area contributed by atoms with Crippen LogP contribution in [-0.2, 0) is 4.74 Å². The molecule has 1 aliphatic carbocycles. The number of carboxylic acid groups (broad SMARTS) is 1. The summed E-state index contributed by atoms with van der Waals surface area (Å²) in [4.78, 5) is 14.6. The number of carbonyl (C=O) groups is 1. The highest BCUT2D eigenvalue weighted by Gasteiger charge is 2.61. The van der Waals surface area contributed by atoms with Crippen LogP contribution >= 0.6 is 11.6 Å². The van der Waals surface area contributed by atoms with E-state index in [-0.39, 0.29) is 18.2 Å². The molecule has 2 aromatic rings. The maximum absolute atomic E-state index is 11.9. The van der Waals surface area contributed by atoms with Crippen LogP contribution in [0.3, 0.4) is 0 Å². The molecule has 5 aliphatic heterocycles.